The smallest absolute Gasteiger partial charge is 0.103 e. The molecule has 1 atom stereocenters. The van der Waals surface area contributed by atoms with Crippen LogP contribution < -0.4 is 5.32 Å². The first kappa shape index (κ1) is 11.6. The summed E-state index contributed by atoms with van der Waals surface area (Å²) in [6, 6.07) is 0. The maximum Gasteiger partial charge on any atom is 0.103 e. The molecule has 2 aliphatic heterocycles. The lowest BCUT2D eigenvalue weighted by Gasteiger charge is -2.42. The number of halogens is 2. The minimum atomic E-state index is -0.547. The van der Waals surface area contributed by atoms with E-state index in [-0.39, 0.29) is 17.9 Å². The van der Waals surface area contributed by atoms with Crippen LogP contribution in [0.25, 0.3) is 0 Å². The zero-order chi connectivity index (χ0) is 8.44. The summed E-state index contributed by atoms with van der Waals surface area (Å²) in [5.41, 5.74) is 0.183. The second-order valence-electron chi connectivity index (χ2n) is 3.91. The molecule has 1 spiro atoms. The highest BCUT2D eigenvalue weighted by Gasteiger charge is 2.37. The fraction of sp³-hybridized carbons (Fsp3) is 1.00. The number of rotatable bonds is 0. The molecule has 1 nitrogen and oxygen atoms in total. The molecular formula is C9H17ClFNS. The number of nitrogens with one attached hydrogen (secondary N) is 1. The van der Waals surface area contributed by atoms with Crippen LogP contribution in [0.4, 0.5) is 4.39 Å². The summed E-state index contributed by atoms with van der Waals surface area (Å²) in [6.45, 7) is 0.881. The van der Waals surface area contributed by atoms with E-state index >= 15 is 0 Å². The van der Waals surface area contributed by atoms with Crippen LogP contribution in [0.5, 0.6) is 0 Å². The second-order valence-corrected chi connectivity index (χ2v) is 5.13. The van der Waals surface area contributed by atoms with Gasteiger partial charge in [-0.15, -0.1) is 12.4 Å². The first-order valence-corrected chi connectivity index (χ1v) is 5.93. The number of thioether (sulfide) groups is 1. The van der Waals surface area contributed by atoms with Gasteiger partial charge in [-0.2, -0.15) is 11.8 Å². The molecule has 0 aromatic heterocycles. The van der Waals surface area contributed by atoms with Gasteiger partial charge in [-0.05, 0) is 43.7 Å². The molecule has 1 N–H and O–H groups in total. The molecule has 2 fully saturated rings. The van der Waals surface area contributed by atoms with Crippen LogP contribution in [0.3, 0.4) is 0 Å². The summed E-state index contributed by atoms with van der Waals surface area (Å²) in [5.74, 6) is 2.42. The first-order chi connectivity index (χ1) is 5.81. The van der Waals surface area contributed by atoms with Gasteiger partial charge in [-0.3, -0.25) is 0 Å². The van der Waals surface area contributed by atoms with Gasteiger partial charge in [-0.25, -0.2) is 4.39 Å². The summed E-state index contributed by atoms with van der Waals surface area (Å²) in [4.78, 5) is 0. The highest BCUT2D eigenvalue weighted by molar-refractivity contribution is 7.99. The molecule has 0 aromatic carbocycles. The maximum atomic E-state index is 13.2. The largest absolute Gasteiger partial charge is 0.311 e. The fourth-order valence-electron chi connectivity index (χ4n) is 2.24. The normalized spacial score (nSPS) is 32.5. The molecule has 13 heavy (non-hydrogen) atoms. The van der Waals surface area contributed by atoms with Gasteiger partial charge in [0.15, 0.2) is 0 Å². The summed E-state index contributed by atoms with van der Waals surface area (Å²) < 4.78 is 13.2. The monoisotopic (exact) mass is 225 g/mol. The van der Waals surface area contributed by atoms with E-state index < -0.39 is 6.17 Å². The Morgan fingerprint density at radius 1 is 1.31 bits per heavy atom. The van der Waals surface area contributed by atoms with E-state index in [1.165, 1.54) is 11.5 Å². The summed E-state index contributed by atoms with van der Waals surface area (Å²) in [6.07, 6.45) is 3.26. The number of piperidine rings is 1. The zero-order valence-corrected chi connectivity index (χ0v) is 9.35. The molecule has 0 bridgehead atoms. The number of hydrogen-bond acceptors (Lipinski definition) is 2. The van der Waals surface area contributed by atoms with Crippen molar-refractivity contribution in [1.29, 1.82) is 0 Å². The molecule has 0 aliphatic carbocycles. The van der Waals surface area contributed by atoms with Gasteiger partial charge in [-0.1, -0.05) is 0 Å². The van der Waals surface area contributed by atoms with Crippen molar-refractivity contribution < 1.29 is 4.39 Å². The SMILES string of the molecule is Cl.FC1CCNC2(CCSCC2)C1. The van der Waals surface area contributed by atoms with E-state index in [1.54, 1.807) is 0 Å². The topological polar surface area (TPSA) is 12.0 Å². The molecule has 2 saturated heterocycles. The molecule has 0 saturated carbocycles. The van der Waals surface area contributed by atoms with Crippen molar-refractivity contribution in [3.8, 4) is 0 Å². The van der Waals surface area contributed by atoms with Gasteiger partial charge >= 0.3 is 0 Å². The fourth-order valence-corrected chi connectivity index (χ4v) is 3.51. The van der Waals surface area contributed by atoms with Gasteiger partial charge < -0.3 is 5.32 Å². The van der Waals surface area contributed by atoms with Crippen molar-refractivity contribution in [2.24, 2.45) is 0 Å². The quantitative estimate of drug-likeness (QED) is 0.680. The van der Waals surface area contributed by atoms with E-state index in [4.69, 9.17) is 0 Å². The Morgan fingerprint density at radius 3 is 2.62 bits per heavy atom. The van der Waals surface area contributed by atoms with Crippen molar-refractivity contribution in [2.45, 2.75) is 37.4 Å². The van der Waals surface area contributed by atoms with Crippen molar-refractivity contribution in [3.05, 3.63) is 0 Å². The predicted octanol–water partition coefficient (Wildman–Crippen LogP) is 2.40. The van der Waals surface area contributed by atoms with Gasteiger partial charge in [0, 0.05) is 5.54 Å². The summed E-state index contributed by atoms with van der Waals surface area (Å²) >= 11 is 2.00. The van der Waals surface area contributed by atoms with Crippen LogP contribution in [-0.4, -0.2) is 29.8 Å². The zero-order valence-electron chi connectivity index (χ0n) is 7.72. The highest BCUT2D eigenvalue weighted by atomic mass is 35.5. The first-order valence-electron chi connectivity index (χ1n) is 4.78. The Kier molecular flexibility index (Phi) is 4.33. The summed E-state index contributed by atoms with van der Waals surface area (Å²) in [5, 5.41) is 3.51. The van der Waals surface area contributed by atoms with Crippen LogP contribution in [0.15, 0.2) is 0 Å². The van der Waals surface area contributed by atoms with Gasteiger partial charge in [0.2, 0.25) is 0 Å². The lowest BCUT2D eigenvalue weighted by atomic mass is 9.83. The Bertz CT molecular complexity index is 156. The van der Waals surface area contributed by atoms with Gasteiger partial charge in [0.1, 0.15) is 6.17 Å². The number of alkyl halides is 1. The third-order valence-electron chi connectivity index (χ3n) is 3.02. The van der Waals surface area contributed by atoms with E-state index in [0.29, 0.717) is 0 Å². The standard InChI is InChI=1S/C9H16FNS.ClH/c10-8-1-4-11-9(7-8)2-5-12-6-3-9;/h8,11H,1-7H2;1H. The molecule has 2 heterocycles. The Labute approximate surface area is 89.6 Å². The van der Waals surface area contributed by atoms with E-state index in [1.807, 2.05) is 11.8 Å². The Hall–Kier alpha value is 0.530. The number of hydrogen-bond donors (Lipinski definition) is 1. The third-order valence-corrected chi connectivity index (χ3v) is 4.01. The van der Waals surface area contributed by atoms with Crippen molar-refractivity contribution in [2.75, 3.05) is 18.1 Å². The predicted molar refractivity (Wildman–Crippen MR) is 58.7 cm³/mol. The van der Waals surface area contributed by atoms with Crippen LogP contribution >= 0.6 is 24.2 Å². The Morgan fingerprint density at radius 2 is 2.00 bits per heavy atom. The van der Waals surface area contributed by atoms with Gasteiger partial charge in [0.25, 0.3) is 0 Å². The van der Waals surface area contributed by atoms with Gasteiger partial charge in [0.05, 0.1) is 0 Å². The average molecular weight is 226 g/mol. The molecule has 2 rings (SSSR count). The van der Waals surface area contributed by atoms with Crippen LogP contribution in [-0.2, 0) is 0 Å². The minimum absolute atomic E-state index is 0. The van der Waals surface area contributed by atoms with Crippen molar-refractivity contribution in [3.63, 3.8) is 0 Å². The molecule has 78 valence electrons. The second kappa shape index (κ2) is 4.85. The van der Waals surface area contributed by atoms with Crippen LogP contribution in [0.1, 0.15) is 25.7 Å². The average Bonchev–Trinajstić information content (AvgIpc) is 2.05. The van der Waals surface area contributed by atoms with Crippen LogP contribution in [0.2, 0.25) is 0 Å². The molecule has 0 amide bonds. The Balaban J connectivity index is 0.000000845. The molecule has 0 aromatic rings. The lowest BCUT2D eigenvalue weighted by molar-refractivity contribution is 0.143. The molecule has 4 heteroatoms. The highest BCUT2D eigenvalue weighted by Crippen LogP contribution is 2.34. The van der Waals surface area contributed by atoms with E-state index in [2.05, 4.69) is 5.32 Å². The maximum absolute atomic E-state index is 13.2. The molecule has 1 unspecified atom stereocenters. The van der Waals surface area contributed by atoms with Crippen molar-refractivity contribution in [1.82, 2.24) is 5.32 Å². The van der Waals surface area contributed by atoms with Crippen LogP contribution in [0, 0.1) is 0 Å². The van der Waals surface area contributed by atoms with Crippen molar-refractivity contribution >= 4 is 24.2 Å². The minimum Gasteiger partial charge on any atom is -0.311 e. The summed E-state index contributed by atoms with van der Waals surface area (Å²) in [7, 11) is 0. The molecule has 2 aliphatic rings. The van der Waals surface area contributed by atoms with E-state index in [0.717, 1.165) is 32.2 Å². The lowest BCUT2D eigenvalue weighted by Crippen LogP contribution is -2.53. The van der Waals surface area contributed by atoms with E-state index in [9.17, 15) is 4.39 Å². The molecular weight excluding hydrogens is 209 g/mol. The molecule has 0 radical (unpaired) electrons. The third kappa shape index (κ3) is 2.74.